The highest BCUT2D eigenvalue weighted by Gasteiger charge is 2.11. The number of nitrogens with zero attached hydrogens (tertiary/aromatic N) is 1. The van der Waals surface area contributed by atoms with E-state index in [9.17, 15) is 14.9 Å². The van der Waals surface area contributed by atoms with Crippen LogP contribution in [0.15, 0.2) is 45.7 Å². The first-order valence-corrected chi connectivity index (χ1v) is 6.24. The van der Waals surface area contributed by atoms with Crippen molar-refractivity contribution >= 4 is 23.6 Å². The summed E-state index contributed by atoms with van der Waals surface area (Å²) in [5.41, 5.74) is 0.220. The van der Waals surface area contributed by atoms with Crippen molar-refractivity contribution in [1.29, 1.82) is 0 Å². The van der Waals surface area contributed by atoms with Gasteiger partial charge >= 0.3 is 11.9 Å². The van der Waals surface area contributed by atoms with E-state index in [1.165, 1.54) is 30.0 Å². The van der Waals surface area contributed by atoms with Crippen molar-refractivity contribution in [3.05, 3.63) is 57.8 Å². The lowest BCUT2D eigenvalue weighted by atomic mass is 10.2. The quantitative estimate of drug-likeness (QED) is 0.513. The maximum atomic E-state index is 10.7. The summed E-state index contributed by atoms with van der Waals surface area (Å²) < 4.78 is 5.01. The standard InChI is InChI=1S/C12H9NO5S/c14-12(15)8-1-4-10(5-2-8)19-7-9-3-6-11(18-9)13(16)17/h1-6H,7H2,(H,14,15). The number of nitro groups is 1. The molecule has 0 saturated carbocycles. The van der Waals surface area contributed by atoms with Gasteiger partial charge in [-0.1, -0.05) is 0 Å². The normalized spacial score (nSPS) is 10.3. The Bertz CT molecular complexity index is 605. The van der Waals surface area contributed by atoms with Crippen LogP contribution in [0.25, 0.3) is 0 Å². The molecule has 0 fully saturated rings. The molecular formula is C12H9NO5S. The molecule has 0 aliphatic heterocycles. The lowest BCUT2D eigenvalue weighted by molar-refractivity contribution is -0.402. The zero-order valence-corrected chi connectivity index (χ0v) is 10.4. The second kappa shape index (κ2) is 5.57. The Balaban J connectivity index is 1.97. The molecule has 0 atom stereocenters. The number of hydrogen-bond acceptors (Lipinski definition) is 5. The maximum absolute atomic E-state index is 10.7. The second-order valence-electron chi connectivity index (χ2n) is 3.62. The van der Waals surface area contributed by atoms with E-state index in [0.717, 1.165) is 4.90 Å². The van der Waals surface area contributed by atoms with Crippen molar-refractivity contribution in [1.82, 2.24) is 0 Å². The van der Waals surface area contributed by atoms with Crippen molar-refractivity contribution in [2.24, 2.45) is 0 Å². The van der Waals surface area contributed by atoms with Gasteiger partial charge in [0.15, 0.2) is 0 Å². The molecule has 0 aliphatic rings. The fourth-order valence-corrected chi connectivity index (χ4v) is 2.18. The summed E-state index contributed by atoms with van der Waals surface area (Å²) in [5, 5.41) is 19.2. The number of rotatable bonds is 5. The number of benzene rings is 1. The van der Waals surface area contributed by atoms with E-state index in [1.54, 1.807) is 18.2 Å². The van der Waals surface area contributed by atoms with E-state index in [-0.39, 0.29) is 11.4 Å². The number of carboxylic acids is 1. The monoisotopic (exact) mass is 279 g/mol. The number of hydrogen-bond donors (Lipinski definition) is 1. The van der Waals surface area contributed by atoms with Crippen LogP contribution in [-0.2, 0) is 5.75 Å². The lowest BCUT2D eigenvalue weighted by Crippen LogP contribution is -1.94. The molecule has 19 heavy (non-hydrogen) atoms. The molecular weight excluding hydrogens is 270 g/mol. The Morgan fingerprint density at radius 2 is 1.95 bits per heavy atom. The average molecular weight is 279 g/mol. The Labute approximate surface area is 112 Å². The zero-order valence-electron chi connectivity index (χ0n) is 9.61. The summed E-state index contributed by atoms with van der Waals surface area (Å²) >= 11 is 1.41. The molecule has 0 unspecified atom stereocenters. The molecule has 2 rings (SSSR count). The minimum absolute atomic E-state index is 0.220. The minimum atomic E-state index is -0.974. The fraction of sp³-hybridized carbons (Fsp3) is 0.0833. The van der Waals surface area contributed by atoms with Crippen LogP contribution in [0.3, 0.4) is 0 Å². The van der Waals surface area contributed by atoms with Gasteiger partial charge in [-0.2, -0.15) is 0 Å². The predicted molar refractivity (Wildman–Crippen MR) is 68.3 cm³/mol. The number of aromatic carboxylic acids is 1. The molecule has 0 saturated heterocycles. The van der Waals surface area contributed by atoms with Crippen molar-refractivity contribution < 1.29 is 19.2 Å². The highest BCUT2D eigenvalue weighted by atomic mass is 32.2. The number of thioether (sulfide) groups is 1. The summed E-state index contributed by atoms with van der Waals surface area (Å²) in [6.45, 7) is 0. The summed E-state index contributed by atoms with van der Waals surface area (Å²) in [7, 11) is 0. The van der Waals surface area contributed by atoms with Gasteiger partial charge in [0.1, 0.15) is 10.7 Å². The smallest absolute Gasteiger partial charge is 0.433 e. The van der Waals surface area contributed by atoms with Crippen molar-refractivity contribution in [3.63, 3.8) is 0 Å². The molecule has 0 amide bonds. The van der Waals surface area contributed by atoms with Gasteiger partial charge in [-0.3, -0.25) is 10.1 Å². The molecule has 0 spiro atoms. The highest BCUT2D eigenvalue weighted by Crippen LogP contribution is 2.25. The summed E-state index contributed by atoms with van der Waals surface area (Å²) in [5.74, 6) is -0.311. The van der Waals surface area contributed by atoms with Gasteiger partial charge in [0.2, 0.25) is 0 Å². The molecule has 1 heterocycles. The van der Waals surface area contributed by atoms with Crippen LogP contribution in [0, 0.1) is 10.1 Å². The first-order chi connectivity index (χ1) is 9.06. The summed E-state index contributed by atoms with van der Waals surface area (Å²) in [6, 6.07) is 9.25. The number of furan rings is 1. The predicted octanol–water partition coefficient (Wildman–Crippen LogP) is 3.18. The Morgan fingerprint density at radius 3 is 2.47 bits per heavy atom. The van der Waals surface area contributed by atoms with E-state index in [2.05, 4.69) is 0 Å². The van der Waals surface area contributed by atoms with Gasteiger partial charge in [0.05, 0.1) is 17.4 Å². The number of carbonyl (C=O) groups is 1. The minimum Gasteiger partial charge on any atom is -0.478 e. The van der Waals surface area contributed by atoms with Crippen LogP contribution >= 0.6 is 11.8 Å². The van der Waals surface area contributed by atoms with Crippen LogP contribution in [-0.4, -0.2) is 16.0 Å². The van der Waals surface area contributed by atoms with Crippen LogP contribution in [0.2, 0.25) is 0 Å². The molecule has 0 radical (unpaired) electrons. The maximum Gasteiger partial charge on any atom is 0.433 e. The molecule has 7 heteroatoms. The number of carboxylic acid groups (broad SMARTS) is 1. The largest absolute Gasteiger partial charge is 0.478 e. The molecule has 1 aromatic heterocycles. The first kappa shape index (κ1) is 13.2. The van der Waals surface area contributed by atoms with Crippen molar-refractivity contribution in [3.8, 4) is 0 Å². The molecule has 2 aromatic rings. The van der Waals surface area contributed by atoms with Gasteiger partial charge in [-0.05, 0) is 30.3 Å². The fourth-order valence-electron chi connectivity index (χ4n) is 1.39. The first-order valence-electron chi connectivity index (χ1n) is 5.25. The molecule has 1 N–H and O–H groups in total. The van der Waals surface area contributed by atoms with E-state index in [0.29, 0.717) is 11.5 Å². The van der Waals surface area contributed by atoms with Crippen molar-refractivity contribution in [2.75, 3.05) is 0 Å². The van der Waals surface area contributed by atoms with Crippen LogP contribution in [0.5, 0.6) is 0 Å². The highest BCUT2D eigenvalue weighted by molar-refractivity contribution is 7.98. The van der Waals surface area contributed by atoms with Gasteiger partial charge in [0.25, 0.3) is 0 Å². The topological polar surface area (TPSA) is 93.6 Å². The summed E-state index contributed by atoms with van der Waals surface area (Å²) in [6.07, 6.45) is 0. The molecule has 1 aromatic carbocycles. The van der Waals surface area contributed by atoms with Gasteiger partial charge in [0, 0.05) is 4.90 Å². The Morgan fingerprint density at radius 1 is 1.26 bits per heavy atom. The molecule has 0 bridgehead atoms. The van der Waals surface area contributed by atoms with Gasteiger partial charge in [-0.25, -0.2) is 4.79 Å². The van der Waals surface area contributed by atoms with Gasteiger partial charge in [-0.15, -0.1) is 11.8 Å². The lowest BCUT2D eigenvalue weighted by Gasteiger charge is -2.00. The van der Waals surface area contributed by atoms with Crippen LogP contribution < -0.4 is 0 Å². The summed E-state index contributed by atoms with van der Waals surface area (Å²) in [4.78, 5) is 21.4. The van der Waals surface area contributed by atoms with E-state index in [4.69, 9.17) is 9.52 Å². The molecule has 6 nitrogen and oxygen atoms in total. The Hall–Kier alpha value is -2.28. The Kier molecular flexibility index (Phi) is 3.86. The van der Waals surface area contributed by atoms with Gasteiger partial charge < -0.3 is 9.52 Å². The molecule has 98 valence electrons. The van der Waals surface area contributed by atoms with Crippen LogP contribution in [0.4, 0.5) is 5.88 Å². The average Bonchev–Trinajstić information content (AvgIpc) is 2.86. The van der Waals surface area contributed by atoms with E-state index in [1.807, 2.05) is 0 Å². The van der Waals surface area contributed by atoms with Crippen molar-refractivity contribution in [2.45, 2.75) is 10.6 Å². The van der Waals surface area contributed by atoms with E-state index < -0.39 is 10.9 Å². The third-order valence-corrected chi connectivity index (χ3v) is 3.34. The van der Waals surface area contributed by atoms with Crippen LogP contribution in [0.1, 0.15) is 16.1 Å². The zero-order chi connectivity index (χ0) is 13.8. The molecule has 0 aliphatic carbocycles. The SMILES string of the molecule is O=C(O)c1ccc(SCc2ccc([N+](=O)[O-])o2)cc1. The second-order valence-corrected chi connectivity index (χ2v) is 4.66. The third kappa shape index (κ3) is 3.35. The van der Waals surface area contributed by atoms with E-state index >= 15 is 0 Å². The third-order valence-electron chi connectivity index (χ3n) is 2.31.